The van der Waals surface area contributed by atoms with E-state index in [4.69, 9.17) is 4.84 Å². The van der Waals surface area contributed by atoms with E-state index in [1.165, 1.54) is 7.11 Å². The first-order chi connectivity index (χ1) is 13.0. The van der Waals surface area contributed by atoms with Crippen LogP contribution in [0.2, 0.25) is 0 Å². The number of piperidine rings is 1. The predicted molar refractivity (Wildman–Crippen MR) is 99.2 cm³/mol. The summed E-state index contributed by atoms with van der Waals surface area (Å²) in [6.07, 6.45) is 7.01. The van der Waals surface area contributed by atoms with Crippen molar-refractivity contribution in [1.82, 2.24) is 20.2 Å². The molecule has 3 amide bonds. The largest absolute Gasteiger partial charge is 0.465 e. The molecule has 8 nitrogen and oxygen atoms in total. The summed E-state index contributed by atoms with van der Waals surface area (Å²) in [5.41, 5.74) is 2.72. The second kappa shape index (κ2) is 7.47. The van der Waals surface area contributed by atoms with Crippen LogP contribution < -0.4 is 5.48 Å². The molecule has 8 heteroatoms. The molecular weight excluding hydrogens is 348 g/mol. The van der Waals surface area contributed by atoms with E-state index in [2.05, 4.69) is 10.4 Å². The zero-order valence-electron chi connectivity index (χ0n) is 16.2. The topological polar surface area (TPSA) is 85.4 Å². The molecule has 0 aromatic carbocycles. The van der Waals surface area contributed by atoms with E-state index in [1.807, 2.05) is 4.90 Å². The average Bonchev–Trinajstić information content (AvgIpc) is 3.28. The van der Waals surface area contributed by atoms with Crippen LogP contribution in [0.1, 0.15) is 44.9 Å². The Labute approximate surface area is 160 Å². The van der Waals surface area contributed by atoms with Crippen molar-refractivity contribution < 1.29 is 19.5 Å². The quantitative estimate of drug-likeness (QED) is 0.731. The predicted octanol–water partition coefficient (Wildman–Crippen LogP) is 1.97. The van der Waals surface area contributed by atoms with Crippen molar-refractivity contribution in [2.24, 2.45) is 11.3 Å². The number of carboxylic acid groups (broad SMARTS) is 1. The molecule has 1 saturated carbocycles. The van der Waals surface area contributed by atoms with Gasteiger partial charge in [-0.2, -0.15) is 0 Å². The molecule has 0 aromatic heterocycles. The van der Waals surface area contributed by atoms with Gasteiger partial charge in [0.05, 0.1) is 7.11 Å². The van der Waals surface area contributed by atoms with Gasteiger partial charge in [-0.1, -0.05) is 0 Å². The fourth-order valence-corrected chi connectivity index (χ4v) is 5.98. The van der Waals surface area contributed by atoms with Crippen LogP contribution in [0.25, 0.3) is 0 Å². The number of hydrogen-bond acceptors (Lipinski definition) is 4. The van der Waals surface area contributed by atoms with Gasteiger partial charge in [0.2, 0.25) is 0 Å². The fraction of sp³-hybridized carbons (Fsp3) is 0.895. The lowest BCUT2D eigenvalue weighted by Gasteiger charge is -2.52. The first-order valence-electron chi connectivity index (χ1n) is 10.3. The van der Waals surface area contributed by atoms with E-state index >= 15 is 0 Å². The molecule has 3 saturated heterocycles. The molecule has 3 aliphatic heterocycles. The van der Waals surface area contributed by atoms with Crippen molar-refractivity contribution >= 4 is 12.1 Å². The Kier molecular flexibility index (Phi) is 5.20. The maximum absolute atomic E-state index is 12.2. The SMILES string of the molecule is CONC(=O)N1CCCC1C1CCN(C2CC3(CCN(C(=O)O)C3)C2)CC1. The minimum atomic E-state index is -0.769. The van der Waals surface area contributed by atoms with E-state index in [0.29, 0.717) is 24.5 Å². The summed E-state index contributed by atoms with van der Waals surface area (Å²) in [7, 11) is 1.48. The number of carbonyl (C=O) groups excluding carboxylic acids is 1. The van der Waals surface area contributed by atoms with Crippen LogP contribution in [0.3, 0.4) is 0 Å². The molecule has 4 aliphatic rings. The van der Waals surface area contributed by atoms with Crippen LogP contribution in [0.15, 0.2) is 0 Å². The van der Waals surface area contributed by atoms with Gasteiger partial charge >= 0.3 is 12.1 Å². The van der Waals surface area contributed by atoms with Crippen LogP contribution in [-0.2, 0) is 4.84 Å². The fourth-order valence-electron chi connectivity index (χ4n) is 5.98. The molecule has 27 heavy (non-hydrogen) atoms. The van der Waals surface area contributed by atoms with E-state index < -0.39 is 6.09 Å². The third-order valence-corrected chi connectivity index (χ3v) is 7.43. The van der Waals surface area contributed by atoms with Gasteiger partial charge in [0.15, 0.2) is 0 Å². The molecule has 3 heterocycles. The van der Waals surface area contributed by atoms with Crippen molar-refractivity contribution in [3.63, 3.8) is 0 Å². The minimum absolute atomic E-state index is 0.104. The van der Waals surface area contributed by atoms with E-state index in [1.54, 1.807) is 4.90 Å². The lowest BCUT2D eigenvalue weighted by molar-refractivity contribution is -0.0146. The van der Waals surface area contributed by atoms with Gasteiger partial charge in [-0.3, -0.25) is 4.84 Å². The number of hydroxylamine groups is 1. The number of rotatable bonds is 3. The van der Waals surface area contributed by atoms with Gasteiger partial charge in [-0.25, -0.2) is 15.1 Å². The molecule has 152 valence electrons. The lowest BCUT2D eigenvalue weighted by atomic mass is 9.64. The summed E-state index contributed by atoms with van der Waals surface area (Å²) in [5, 5.41) is 9.18. The Morgan fingerprint density at radius 2 is 1.85 bits per heavy atom. The van der Waals surface area contributed by atoms with Crippen molar-refractivity contribution in [3.8, 4) is 0 Å². The highest BCUT2D eigenvalue weighted by atomic mass is 16.6. The number of nitrogens with one attached hydrogen (secondary N) is 1. The van der Waals surface area contributed by atoms with Crippen LogP contribution in [0, 0.1) is 11.3 Å². The summed E-state index contributed by atoms with van der Waals surface area (Å²) in [6, 6.07) is 0.859. The normalized spacial score (nSPS) is 34.9. The van der Waals surface area contributed by atoms with Gasteiger partial charge in [0.25, 0.3) is 0 Å². The van der Waals surface area contributed by atoms with Crippen LogP contribution >= 0.6 is 0 Å². The Morgan fingerprint density at radius 1 is 1.11 bits per heavy atom. The highest BCUT2D eigenvalue weighted by Crippen LogP contribution is 2.50. The standard InChI is InChI=1S/C19H32N4O4/c1-27-20-17(24)23-7-2-3-16(23)14-4-8-21(9-5-14)15-11-19(12-15)6-10-22(13-19)18(25)26/h14-16H,2-13H2,1H3,(H,20,24)(H,25,26). The number of carbonyl (C=O) groups is 2. The lowest BCUT2D eigenvalue weighted by Crippen LogP contribution is -2.55. The Bertz CT molecular complexity index is 572. The number of likely N-dealkylation sites (tertiary alicyclic amines) is 3. The van der Waals surface area contributed by atoms with E-state index in [-0.39, 0.29) is 11.4 Å². The first-order valence-corrected chi connectivity index (χ1v) is 10.3. The molecule has 4 rings (SSSR count). The van der Waals surface area contributed by atoms with E-state index in [0.717, 1.165) is 71.1 Å². The van der Waals surface area contributed by atoms with Gasteiger partial charge in [0.1, 0.15) is 0 Å². The van der Waals surface area contributed by atoms with Gasteiger partial charge < -0.3 is 19.8 Å². The van der Waals surface area contributed by atoms with Gasteiger partial charge in [0, 0.05) is 31.7 Å². The Morgan fingerprint density at radius 3 is 2.48 bits per heavy atom. The van der Waals surface area contributed by atoms with E-state index in [9.17, 15) is 14.7 Å². The van der Waals surface area contributed by atoms with Gasteiger partial charge in [-0.05, 0) is 69.4 Å². The molecule has 1 spiro atoms. The molecule has 1 atom stereocenters. The molecule has 1 aliphatic carbocycles. The second-order valence-electron chi connectivity index (χ2n) is 8.90. The summed E-state index contributed by atoms with van der Waals surface area (Å²) in [5.74, 6) is 0.578. The molecule has 2 N–H and O–H groups in total. The third kappa shape index (κ3) is 3.61. The van der Waals surface area contributed by atoms with Crippen molar-refractivity contribution in [1.29, 1.82) is 0 Å². The van der Waals surface area contributed by atoms with Crippen LogP contribution in [-0.4, -0.2) is 83.8 Å². The maximum atomic E-state index is 12.2. The summed E-state index contributed by atoms with van der Waals surface area (Å²) in [4.78, 5) is 34.3. The second-order valence-corrected chi connectivity index (χ2v) is 8.90. The highest BCUT2D eigenvalue weighted by molar-refractivity contribution is 5.73. The maximum Gasteiger partial charge on any atom is 0.407 e. The summed E-state index contributed by atoms with van der Waals surface area (Å²) < 4.78 is 0. The zero-order valence-corrected chi connectivity index (χ0v) is 16.2. The number of urea groups is 1. The van der Waals surface area contributed by atoms with Gasteiger partial charge in [-0.15, -0.1) is 0 Å². The van der Waals surface area contributed by atoms with Crippen molar-refractivity contribution in [2.45, 2.75) is 57.0 Å². The van der Waals surface area contributed by atoms with Crippen LogP contribution in [0.5, 0.6) is 0 Å². The zero-order chi connectivity index (χ0) is 19.0. The van der Waals surface area contributed by atoms with Crippen LogP contribution in [0.4, 0.5) is 9.59 Å². The molecule has 0 radical (unpaired) electrons. The minimum Gasteiger partial charge on any atom is -0.465 e. The smallest absolute Gasteiger partial charge is 0.407 e. The average molecular weight is 380 g/mol. The Balaban J connectivity index is 1.24. The monoisotopic (exact) mass is 380 g/mol. The Hall–Kier alpha value is -1.54. The summed E-state index contributed by atoms with van der Waals surface area (Å²) >= 11 is 0. The third-order valence-electron chi connectivity index (χ3n) is 7.43. The van der Waals surface area contributed by atoms with Crippen molar-refractivity contribution in [3.05, 3.63) is 0 Å². The first kappa shape index (κ1) is 18.8. The molecule has 0 aromatic rings. The molecule has 4 fully saturated rings. The molecular formula is C19H32N4O4. The molecule has 0 bridgehead atoms. The number of amides is 3. The number of nitrogens with zero attached hydrogens (tertiary/aromatic N) is 3. The summed E-state index contributed by atoms with van der Waals surface area (Å²) in [6.45, 7) is 4.45. The number of hydrogen-bond donors (Lipinski definition) is 2. The molecule has 1 unspecified atom stereocenters. The highest BCUT2D eigenvalue weighted by Gasteiger charge is 2.51. The van der Waals surface area contributed by atoms with Crippen molar-refractivity contribution in [2.75, 3.05) is 39.8 Å².